The fourth-order valence-corrected chi connectivity index (χ4v) is 4.20. The molecule has 0 amide bonds. The van der Waals surface area contributed by atoms with Crippen molar-refractivity contribution in [3.63, 3.8) is 0 Å². The van der Waals surface area contributed by atoms with E-state index in [1.165, 1.54) is 4.31 Å². The average molecular weight is 284 g/mol. The lowest BCUT2D eigenvalue weighted by molar-refractivity contribution is 0.381. The third-order valence-corrected chi connectivity index (χ3v) is 5.54. The smallest absolute Gasteiger partial charge is 0.281 e. The second-order valence-electron chi connectivity index (χ2n) is 4.82. The van der Waals surface area contributed by atoms with Crippen LogP contribution < -0.4 is 5.32 Å². The summed E-state index contributed by atoms with van der Waals surface area (Å²) in [6, 6.07) is 0. The Hall–Kier alpha value is 0.120. The summed E-state index contributed by atoms with van der Waals surface area (Å²) in [5.74, 6) is 1.04. The predicted octanol–water partition coefficient (Wildman–Crippen LogP) is 0.146. The Kier molecular flexibility index (Phi) is 5.21. The van der Waals surface area contributed by atoms with Crippen LogP contribution in [0.1, 0.15) is 13.3 Å². The molecule has 17 heavy (non-hydrogen) atoms. The summed E-state index contributed by atoms with van der Waals surface area (Å²) in [6.07, 6.45) is 0.859. The van der Waals surface area contributed by atoms with Gasteiger partial charge < -0.3 is 5.32 Å². The molecule has 0 aliphatic carbocycles. The second-order valence-corrected chi connectivity index (χ2v) is 6.86. The lowest BCUT2D eigenvalue weighted by atomic mass is 10.0. The normalized spacial score (nSPS) is 29.4. The first-order valence-corrected chi connectivity index (χ1v) is 7.37. The zero-order valence-electron chi connectivity index (χ0n) is 10.4. The summed E-state index contributed by atoms with van der Waals surface area (Å²) in [5.41, 5.74) is 0. The van der Waals surface area contributed by atoms with Gasteiger partial charge in [-0.1, -0.05) is 6.92 Å². The van der Waals surface area contributed by atoms with Gasteiger partial charge in [0.25, 0.3) is 10.2 Å². The molecule has 7 heteroatoms. The van der Waals surface area contributed by atoms with Crippen LogP contribution in [0.4, 0.5) is 0 Å². The number of nitrogens with zero attached hydrogens (tertiary/aromatic N) is 2. The van der Waals surface area contributed by atoms with Gasteiger partial charge in [-0.15, -0.1) is 12.4 Å². The topological polar surface area (TPSA) is 52.7 Å². The molecule has 2 fully saturated rings. The van der Waals surface area contributed by atoms with Gasteiger partial charge in [-0.2, -0.15) is 17.0 Å². The van der Waals surface area contributed by atoms with E-state index in [0.29, 0.717) is 31.5 Å². The molecule has 0 bridgehead atoms. The zero-order valence-corrected chi connectivity index (χ0v) is 12.1. The summed E-state index contributed by atoms with van der Waals surface area (Å²) in [7, 11) is -1.53. The number of nitrogens with one attached hydrogen (secondary N) is 1. The summed E-state index contributed by atoms with van der Waals surface area (Å²) in [6.45, 7) is 5.91. The van der Waals surface area contributed by atoms with Crippen LogP contribution >= 0.6 is 12.4 Å². The molecule has 2 heterocycles. The molecule has 2 aliphatic heterocycles. The lowest BCUT2D eigenvalue weighted by Gasteiger charge is -2.24. The van der Waals surface area contributed by atoms with Crippen molar-refractivity contribution < 1.29 is 8.42 Å². The van der Waals surface area contributed by atoms with Crippen LogP contribution in [-0.4, -0.2) is 56.8 Å². The SMILES string of the molecule is CCCN(C)S(=O)(=O)N1C[C@H]2CNC[C@H]2C1.Cl. The van der Waals surface area contributed by atoms with Gasteiger partial charge in [-0.3, -0.25) is 0 Å². The maximum Gasteiger partial charge on any atom is 0.281 e. The van der Waals surface area contributed by atoms with Crippen molar-refractivity contribution in [3.05, 3.63) is 0 Å². The van der Waals surface area contributed by atoms with Gasteiger partial charge in [0.2, 0.25) is 0 Å². The van der Waals surface area contributed by atoms with E-state index in [9.17, 15) is 8.42 Å². The summed E-state index contributed by atoms with van der Waals surface area (Å²) < 4.78 is 27.5. The Balaban J connectivity index is 0.00000144. The highest BCUT2D eigenvalue weighted by molar-refractivity contribution is 7.86. The van der Waals surface area contributed by atoms with Crippen molar-refractivity contribution in [3.8, 4) is 0 Å². The number of halogens is 1. The third kappa shape index (κ3) is 2.93. The Labute approximate surface area is 110 Å². The molecular weight excluding hydrogens is 262 g/mol. The van der Waals surface area contributed by atoms with E-state index < -0.39 is 10.2 Å². The van der Waals surface area contributed by atoms with Crippen LogP contribution in [0.15, 0.2) is 0 Å². The average Bonchev–Trinajstić information content (AvgIpc) is 2.76. The molecule has 0 unspecified atom stereocenters. The molecule has 2 atom stereocenters. The predicted molar refractivity (Wildman–Crippen MR) is 70.5 cm³/mol. The highest BCUT2D eigenvalue weighted by atomic mass is 35.5. The molecule has 0 saturated carbocycles. The van der Waals surface area contributed by atoms with Gasteiger partial charge in [0, 0.05) is 26.7 Å². The van der Waals surface area contributed by atoms with Crippen LogP contribution in [0.25, 0.3) is 0 Å². The Morgan fingerprint density at radius 2 is 1.82 bits per heavy atom. The molecule has 102 valence electrons. The van der Waals surface area contributed by atoms with Crippen LogP contribution in [0.5, 0.6) is 0 Å². The van der Waals surface area contributed by atoms with E-state index in [1.54, 1.807) is 11.4 Å². The van der Waals surface area contributed by atoms with Crippen LogP contribution in [0.2, 0.25) is 0 Å². The maximum atomic E-state index is 12.2. The second kappa shape index (κ2) is 5.84. The van der Waals surface area contributed by atoms with Gasteiger partial charge in [0.15, 0.2) is 0 Å². The first-order chi connectivity index (χ1) is 7.55. The minimum Gasteiger partial charge on any atom is -0.316 e. The molecular formula is C10H22ClN3O2S. The third-order valence-electron chi connectivity index (χ3n) is 3.61. The Morgan fingerprint density at radius 1 is 1.29 bits per heavy atom. The first kappa shape index (κ1) is 15.2. The van der Waals surface area contributed by atoms with Gasteiger partial charge in [-0.25, -0.2) is 0 Å². The van der Waals surface area contributed by atoms with Gasteiger partial charge in [-0.05, 0) is 31.3 Å². The van der Waals surface area contributed by atoms with Crippen molar-refractivity contribution in [2.45, 2.75) is 13.3 Å². The number of fused-ring (bicyclic) bond motifs is 1. The molecule has 1 N–H and O–H groups in total. The van der Waals surface area contributed by atoms with Crippen molar-refractivity contribution in [2.75, 3.05) is 39.8 Å². The monoisotopic (exact) mass is 283 g/mol. The number of hydrogen-bond acceptors (Lipinski definition) is 3. The van der Waals surface area contributed by atoms with Crippen molar-refractivity contribution in [1.82, 2.24) is 13.9 Å². The molecule has 5 nitrogen and oxygen atoms in total. The molecule has 0 aromatic heterocycles. The molecule has 2 rings (SSSR count). The van der Waals surface area contributed by atoms with Gasteiger partial charge in [0.05, 0.1) is 0 Å². The summed E-state index contributed by atoms with van der Waals surface area (Å²) in [5, 5.41) is 3.32. The Bertz CT molecular complexity index is 337. The lowest BCUT2D eigenvalue weighted by Crippen LogP contribution is -2.42. The van der Waals surface area contributed by atoms with E-state index in [2.05, 4.69) is 5.32 Å². The van der Waals surface area contributed by atoms with Crippen molar-refractivity contribution in [1.29, 1.82) is 0 Å². The van der Waals surface area contributed by atoms with E-state index in [0.717, 1.165) is 19.5 Å². The summed E-state index contributed by atoms with van der Waals surface area (Å²) in [4.78, 5) is 0. The molecule has 0 aromatic carbocycles. The Morgan fingerprint density at radius 3 is 2.29 bits per heavy atom. The van der Waals surface area contributed by atoms with E-state index in [-0.39, 0.29) is 12.4 Å². The van der Waals surface area contributed by atoms with Crippen LogP contribution in [-0.2, 0) is 10.2 Å². The standard InChI is InChI=1S/C10H21N3O2S.ClH/c1-3-4-12(2)16(14,15)13-7-9-5-11-6-10(9)8-13;/h9-11H,3-8H2,1-2H3;1H/t9-,10+;. The summed E-state index contributed by atoms with van der Waals surface area (Å²) >= 11 is 0. The van der Waals surface area contributed by atoms with E-state index in [1.807, 2.05) is 6.92 Å². The molecule has 0 aromatic rings. The first-order valence-electron chi connectivity index (χ1n) is 5.97. The van der Waals surface area contributed by atoms with Gasteiger partial charge >= 0.3 is 0 Å². The zero-order chi connectivity index (χ0) is 11.8. The van der Waals surface area contributed by atoms with Crippen molar-refractivity contribution in [2.24, 2.45) is 11.8 Å². The van der Waals surface area contributed by atoms with Gasteiger partial charge in [0.1, 0.15) is 0 Å². The van der Waals surface area contributed by atoms with E-state index in [4.69, 9.17) is 0 Å². The largest absolute Gasteiger partial charge is 0.316 e. The maximum absolute atomic E-state index is 12.2. The van der Waals surface area contributed by atoms with Crippen LogP contribution in [0.3, 0.4) is 0 Å². The van der Waals surface area contributed by atoms with Crippen molar-refractivity contribution >= 4 is 22.6 Å². The minimum atomic E-state index is -3.20. The fraction of sp³-hybridized carbons (Fsp3) is 1.00. The fourth-order valence-electron chi connectivity index (χ4n) is 2.63. The highest BCUT2D eigenvalue weighted by Gasteiger charge is 2.42. The van der Waals surface area contributed by atoms with E-state index >= 15 is 0 Å². The number of hydrogen-bond donors (Lipinski definition) is 1. The minimum absolute atomic E-state index is 0. The number of rotatable bonds is 4. The quantitative estimate of drug-likeness (QED) is 0.799. The highest BCUT2D eigenvalue weighted by Crippen LogP contribution is 2.28. The molecule has 0 radical (unpaired) electrons. The van der Waals surface area contributed by atoms with Crippen LogP contribution in [0, 0.1) is 11.8 Å². The molecule has 2 aliphatic rings. The molecule has 2 saturated heterocycles. The molecule has 0 spiro atoms.